The number of methoxy groups -OCH3 is 1. The van der Waals surface area contributed by atoms with Crippen molar-refractivity contribution in [2.75, 3.05) is 13.7 Å². The van der Waals surface area contributed by atoms with Gasteiger partial charge in [-0.1, -0.05) is 19.1 Å². The second-order valence-corrected chi connectivity index (χ2v) is 7.37. The standard InChI is InChI=1S/C23H24N4O2/c1-3-10-29-19-9-8-15(11-20(19)28-2)21-17-7-5-4-6-16(17)18(12-24)22(27)23(21,13-25)14-26/h6,8-9,11,17,21H,3-5,7,10,27H2,1-2H3/t17-,21-/m1/s1. The van der Waals surface area contributed by atoms with Gasteiger partial charge in [0.05, 0.1) is 37.1 Å². The number of hydrogen-bond acceptors (Lipinski definition) is 6. The average molecular weight is 388 g/mol. The zero-order valence-electron chi connectivity index (χ0n) is 16.7. The Morgan fingerprint density at radius 1 is 1.21 bits per heavy atom. The summed E-state index contributed by atoms with van der Waals surface area (Å²) in [5.74, 6) is 0.553. The molecule has 2 aliphatic rings. The van der Waals surface area contributed by atoms with Crippen LogP contribution in [0.5, 0.6) is 11.5 Å². The molecule has 2 aliphatic carbocycles. The Balaban J connectivity index is 2.22. The second-order valence-electron chi connectivity index (χ2n) is 7.37. The average Bonchev–Trinajstić information content (AvgIpc) is 2.77. The minimum Gasteiger partial charge on any atom is -0.493 e. The van der Waals surface area contributed by atoms with E-state index in [2.05, 4.69) is 18.2 Å². The smallest absolute Gasteiger partial charge is 0.191 e. The summed E-state index contributed by atoms with van der Waals surface area (Å²) in [4.78, 5) is 0. The Kier molecular flexibility index (Phi) is 5.81. The number of nitrogens with zero attached hydrogens (tertiary/aromatic N) is 3. The zero-order valence-corrected chi connectivity index (χ0v) is 16.7. The lowest BCUT2D eigenvalue weighted by atomic mass is 9.57. The number of rotatable bonds is 5. The van der Waals surface area contributed by atoms with Crippen molar-refractivity contribution in [2.45, 2.75) is 38.5 Å². The highest BCUT2D eigenvalue weighted by atomic mass is 16.5. The maximum Gasteiger partial charge on any atom is 0.191 e. The molecule has 0 fully saturated rings. The molecule has 0 aromatic heterocycles. The number of fused-ring (bicyclic) bond motifs is 1. The zero-order chi connectivity index (χ0) is 21.0. The summed E-state index contributed by atoms with van der Waals surface area (Å²) in [6, 6.07) is 12.0. The quantitative estimate of drug-likeness (QED) is 0.812. The Bertz CT molecular complexity index is 974. The monoisotopic (exact) mass is 388 g/mol. The van der Waals surface area contributed by atoms with Crippen LogP contribution in [0.15, 0.2) is 41.1 Å². The van der Waals surface area contributed by atoms with Crippen LogP contribution in [0.3, 0.4) is 0 Å². The fourth-order valence-corrected chi connectivity index (χ4v) is 4.46. The van der Waals surface area contributed by atoms with Gasteiger partial charge < -0.3 is 15.2 Å². The van der Waals surface area contributed by atoms with Crippen molar-refractivity contribution in [1.82, 2.24) is 0 Å². The molecular weight excluding hydrogens is 364 g/mol. The summed E-state index contributed by atoms with van der Waals surface area (Å²) in [6.07, 6.45) is 5.48. The molecular formula is C23H24N4O2. The van der Waals surface area contributed by atoms with Crippen molar-refractivity contribution in [3.05, 3.63) is 46.7 Å². The minimum atomic E-state index is -1.61. The summed E-state index contributed by atoms with van der Waals surface area (Å²) in [7, 11) is 1.56. The highest BCUT2D eigenvalue weighted by molar-refractivity contribution is 5.60. The second kappa shape index (κ2) is 8.29. The molecule has 2 N–H and O–H groups in total. The first-order valence-corrected chi connectivity index (χ1v) is 9.81. The first kappa shape index (κ1) is 20.3. The van der Waals surface area contributed by atoms with E-state index in [1.165, 1.54) is 0 Å². The van der Waals surface area contributed by atoms with Gasteiger partial charge in [-0.2, -0.15) is 15.8 Å². The third-order valence-corrected chi connectivity index (χ3v) is 5.81. The third kappa shape index (κ3) is 3.20. The number of hydrogen-bond donors (Lipinski definition) is 1. The Morgan fingerprint density at radius 3 is 2.59 bits per heavy atom. The molecule has 0 spiro atoms. The first-order valence-electron chi connectivity index (χ1n) is 9.81. The largest absolute Gasteiger partial charge is 0.493 e. The highest BCUT2D eigenvalue weighted by Crippen LogP contribution is 2.56. The molecule has 0 aliphatic heterocycles. The van der Waals surface area contributed by atoms with E-state index in [4.69, 9.17) is 15.2 Å². The van der Waals surface area contributed by atoms with E-state index in [-0.39, 0.29) is 17.2 Å². The maximum absolute atomic E-state index is 10.1. The fourth-order valence-electron chi connectivity index (χ4n) is 4.46. The van der Waals surface area contributed by atoms with Crippen LogP contribution >= 0.6 is 0 Å². The van der Waals surface area contributed by atoms with Crippen molar-refractivity contribution >= 4 is 0 Å². The lowest BCUT2D eigenvalue weighted by Crippen LogP contribution is -2.42. The molecule has 3 rings (SSSR count). The molecule has 0 saturated carbocycles. The number of nitriles is 3. The van der Waals surface area contributed by atoms with Gasteiger partial charge in [0.2, 0.25) is 0 Å². The van der Waals surface area contributed by atoms with Crippen LogP contribution in [0.25, 0.3) is 0 Å². The van der Waals surface area contributed by atoms with Gasteiger partial charge in [0, 0.05) is 5.92 Å². The molecule has 6 heteroatoms. The summed E-state index contributed by atoms with van der Waals surface area (Å²) in [5, 5.41) is 29.8. The molecule has 148 valence electrons. The minimum absolute atomic E-state index is 0.0460. The van der Waals surface area contributed by atoms with Crippen LogP contribution in [0.4, 0.5) is 0 Å². The van der Waals surface area contributed by atoms with Crippen molar-refractivity contribution in [3.8, 4) is 29.7 Å². The predicted octanol–water partition coefficient (Wildman–Crippen LogP) is 4.08. The normalized spacial score (nSPS) is 22.4. The van der Waals surface area contributed by atoms with Gasteiger partial charge in [0.1, 0.15) is 6.07 Å². The van der Waals surface area contributed by atoms with E-state index >= 15 is 0 Å². The van der Waals surface area contributed by atoms with E-state index in [0.29, 0.717) is 18.1 Å². The fraction of sp³-hybridized carbons (Fsp3) is 0.435. The van der Waals surface area contributed by atoms with Gasteiger partial charge in [-0.05, 0) is 54.9 Å². The molecule has 2 atom stereocenters. The van der Waals surface area contributed by atoms with E-state index in [1.807, 2.05) is 31.2 Å². The van der Waals surface area contributed by atoms with E-state index < -0.39 is 11.3 Å². The van der Waals surface area contributed by atoms with E-state index in [1.54, 1.807) is 7.11 Å². The first-order chi connectivity index (χ1) is 14.1. The van der Waals surface area contributed by atoms with E-state index in [9.17, 15) is 15.8 Å². The van der Waals surface area contributed by atoms with Gasteiger partial charge in [0.15, 0.2) is 16.9 Å². The molecule has 1 aromatic rings. The van der Waals surface area contributed by atoms with Gasteiger partial charge in [-0.3, -0.25) is 0 Å². The van der Waals surface area contributed by atoms with Crippen molar-refractivity contribution < 1.29 is 9.47 Å². The van der Waals surface area contributed by atoms with Gasteiger partial charge in [-0.25, -0.2) is 0 Å². The van der Waals surface area contributed by atoms with Crippen LogP contribution in [-0.2, 0) is 0 Å². The summed E-state index contributed by atoms with van der Waals surface area (Å²) >= 11 is 0. The lowest BCUT2D eigenvalue weighted by Gasteiger charge is -2.43. The van der Waals surface area contributed by atoms with Crippen molar-refractivity contribution in [3.63, 3.8) is 0 Å². The third-order valence-electron chi connectivity index (χ3n) is 5.81. The SMILES string of the molecule is CCCOc1ccc([C@@H]2[C@@H]3CCCC=C3C(C#N)=C(N)C2(C#N)C#N)cc1OC. The number of nitrogens with two attached hydrogens (primary N) is 1. The molecule has 0 unspecified atom stereocenters. The van der Waals surface area contributed by atoms with E-state index in [0.717, 1.165) is 36.8 Å². The molecule has 0 bridgehead atoms. The number of benzene rings is 1. The molecule has 6 nitrogen and oxygen atoms in total. The molecule has 0 heterocycles. The Morgan fingerprint density at radius 2 is 1.97 bits per heavy atom. The number of ether oxygens (including phenoxy) is 2. The number of allylic oxidation sites excluding steroid dienone is 4. The molecule has 0 radical (unpaired) electrons. The summed E-state index contributed by atoms with van der Waals surface area (Å²) < 4.78 is 11.3. The van der Waals surface area contributed by atoms with Crippen molar-refractivity contribution in [1.29, 1.82) is 15.8 Å². The van der Waals surface area contributed by atoms with Crippen LogP contribution in [-0.4, -0.2) is 13.7 Å². The van der Waals surface area contributed by atoms with Crippen molar-refractivity contribution in [2.24, 2.45) is 17.1 Å². The van der Waals surface area contributed by atoms with Crippen LogP contribution in [0.2, 0.25) is 0 Å². The Hall–Kier alpha value is -3.43. The highest BCUT2D eigenvalue weighted by Gasteiger charge is 2.53. The molecule has 0 amide bonds. The Labute approximate surface area is 171 Å². The van der Waals surface area contributed by atoms with Crippen LogP contribution < -0.4 is 15.2 Å². The topological polar surface area (TPSA) is 116 Å². The maximum atomic E-state index is 10.1. The van der Waals surface area contributed by atoms with Crippen LogP contribution in [0, 0.1) is 45.3 Å². The predicted molar refractivity (Wildman–Crippen MR) is 107 cm³/mol. The summed E-state index contributed by atoms with van der Waals surface area (Å²) in [6.45, 7) is 2.59. The molecule has 29 heavy (non-hydrogen) atoms. The van der Waals surface area contributed by atoms with Crippen LogP contribution in [0.1, 0.15) is 44.1 Å². The van der Waals surface area contributed by atoms with Gasteiger partial charge >= 0.3 is 0 Å². The summed E-state index contributed by atoms with van der Waals surface area (Å²) in [5.41, 5.74) is 6.66. The van der Waals surface area contributed by atoms with Gasteiger partial charge in [0.25, 0.3) is 0 Å². The molecule has 1 aromatic carbocycles. The lowest BCUT2D eigenvalue weighted by molar-refractivity contribution is 0.291. The molecule has 0 saturated heterocycles. The van der Waals surface area contributed by atoms with Gasteiger partial charge in [-0.15, -0.1) is 0 Å².